The zero-order valence-corrected chi connectivity index (χ0v) is 13.0. The van der Waals surface area contributed by atoms with Gasteiger partial charge in [0.1, 0.15) is 5.75 Å². The molecule has 130 valence electrons. The zero-order chi connectivity index (χ0) is 17.5. The van der Waals surface area contributed by atoms with E-state index in [4.69, 9.17) is 0 Å². The molecule has 0 amide bonds. The number of alkyl halides is 3. The molecule has 1 aliphatic carbocycles. The molecule has 25 heavy (non-hydrogen) atoms. The van der Waals surface area contributed by atoms with Crippen molar-refractivity contribution in [2.45, 2.75) is 24.7 Å². The van der Waals surface area contributed by atoms with Gasteiger partial charge in [-0.05, 0) is 31.0 Å². The molecule has 1 aromatic carbocycles. The minimum absolute atomic E-state index is 0.0918. The fourth-order valence-electron chi connectivity index (χ4n) is 2.83. The molecule has 1 saturated carbocycles. The van der Waals surface area contributed by atoms with Gasteiger partial charge in [-0.15, -0.1) is 18.3 Å². The molecule has 0 atom stereocenters. The molecule has 9 heteroatoms. The van der Waals surface area contributed by atoms with Crippen LogP contribution in [0.2, 0.25) is 0 Å². The molecule has 0 aliphatic heterocycles. The number of pyridine rings is 1. The predicted octanol–water partition coefficient (Wildman–Crippen LogP) is 3.33. The van der Waals surface area contributed by atoms with Gasteiger partial charge in [-0.3, -0.25) is 4.98 Å². The second-order valence-corrected chi connectivity index (χ2v) is 6.01. The van der Waals surface area contributed by atoms with Crippen LogP contribution < -0.4 is 10.1 Å². The van der Waals surface area contributed by atoms with Crippen LogP contribution in [0.3, 0.4) is 0 Å². The number of aromatic nitrogens is 4. The molecule has 4 rings (SSSR count). The summed E-state index contributed by atoms with van der Waals surface area (Å²) in [4.78, 5) is 4.13. The summed E-state index contributed by atoms with van der Waals surface area (Å²) < 4.78 is 42.8. The Bertz CT molecular complexity index is 890. The standard InChI is InChI=1S/C16H14F3N5O/c17-16(18,19)25-11-1-2-12-13(3-6-20-14(12)9-11)21-10-15(4-5-15)24-8-7-22-23-24/h1-3,6-9H,4-5,10H2,(H,20,21). The highest BCUT2D eigenvalue weighted by Gasteiger charge is 2.45. The van der Waals surface area contributed by atoms with Crippen molar-refractivity contribution in [3.63, 3.8) is 0 Å². The number of nitrogens with one attached hydrogen (secondary N) is 1. The van der Waals surface area contributed by atoms with E-state index >= 15 is 0 Å². The molecular formula is C16H14F3N5O. The Morgan fingerprint density at radius 2 is 2.04 bits per heavy atom. The van der Waals surface area contributed by atoms with E-state index in [1.165, 1.54) is 12.1 Å². The van der Waals surface area contributed by atoms with Gasteiger partial charge < -0.3 is 10.1 Å². The Morgan fingerprint density at radius 3 is 2.72 bits per heavy atom. The second kappa shape index (κ2) is 5.61. The van der Waals surface area contributed by atoms with Gasteiger partial charge in [-0.2, -0.15) is 0 Å². The lowest BCUT2D eigenvalue weighted by Crippen LogP contribution is -2.27. The van der Waals surface area contributed by atoms with E-state index in [1.54, 1.807) is 24.5 Å². The van der Waals surface area contributed by atoms with Gasteiger partial charge in [0.2, 0.25) is 0 Å². The Kier molecular flexibility index (Phi) is 3.52. The average Bonchev–Trinajstić information content (AvgIpc) is 3.13. The molecule has 0 spiro atoms. The number of anilines is 1. The summed E-state index contributed by atoms with van der Waals surface area (Å²) in [6, 6.07) is 5.93. The summed E-state index contributed by atoms with van der Waals surface area (Å²) in [5.41, 5.74) is 1.14. The number of benzene rings is 1. The topological polar surface area (TPSA) is 64.9 Å². The van der Waals surface area contributed by atoms with Crippen LogP contribution in [-0.4, -0.2) is 32.9 Å². The number of nitrogens with zero attached hydrogens (tertiary/aromatic N) is 4. The minimum atomic E-state index is -4.72. The Hall–Kier alpha value is -2.84. The van der Waals surface area contributed by atoms with Crippen LogP contribution in [0.15, 0.2) is 42.9 Å². The highest BCUT2D eigenvalue weighted by molar-refractivity contribution is 5.91. The van der Waals surface area contributed by atoms with E-state index in [0.29, 0.717) is 12.1 Å². The van der Waals surface area contributed by atoms with Gasteiger partial charge in [-0.1, -0.05) is 5.21 Å². The molecule has 6 nitrogen and oxygen atoms in total. The van der Waals surface area contributed by atoms with Gasteiger partial charge in [0.05, 0.1) is 17.3 Å². The summed E-state index contributed by atoms with van der Waals surface area (Å²) in [5, 5.41) is 12.0. The fourth-order valence-corrected chi connectivity index (χ4v) is 2.83. The minimum Gasteiger partial charge on any atom is -0.406 e. The van der Waals surface area contributed by atoms with Crippen LogP contribution in [-0.2, 0) is 5.54 Å². The molecule has 3 aromatic rings. The van der Waals surface area contributed by atoms with Crippen molar-refractivity contribution in [3.8, 4) is 5.75 Å². The van der Waals surface area contributed by atoms with Crippen molar-refractivity contribution < 1.29 is 17.9 Å². The quantitative estimate of drug-likeness (QED) is 0.765. The van der Waals surface area contributed by atoms with Crippen LogP contribution in [0.1, 0.15) is 12.8 Å². The number of ether oxygens (including phenoxy) is 1. The maximum absolute atomic E-state index is 12.3. The van der Waals surface area contributed by atoms with Gasteiger partial charge >= 0.3 is 6.36 Å². The highest BCUT2D eigenvalue weighted by atomic mass is 19.4. The molecule has 0 unspecified atom stereocenters. The molecule has 2 aromatic heterocycles. The van der Waals surface area contributed by atoms with E-state index in [1.807, 2.05) is 10.9 Å². The number of halogens is 3. The maximum Gasteiger partial charge on any atom is 0.573 e. The van der Waals surface area contributed by atoms with E-state index in [9.17, 15) is 13.2 Å². The third-order valence-corrected chi connectivity index (χ3v) is 4.29. The molecule has 1 N–H and O–H groups in total. The van der Waals surface area contributed by atoms with Gasteiger partial charge in [0, 0.05) is 36.1 Å². The van der Waals surface area contributed by atoms with Crippen LogP contribution in [0.5, 0.6) is 5.75 Å². The normalized spacial score (nSPS) is 16.0. The van der Waals surface area contributed by atoms with Crippen LogP contribution in [0, 0.1) is 0 Å². The highest BCUT2D eigenvalue weighted by Crippen LogP contribution is 2.43. The zero-order valence-electron chi connectivity index (χ0n) is 13.0. The van der Waals surface area contributed by atoms with Gasteiger partial charge in [0.25, 0.3) is 0 Å². The van der Waals surface area contributed by atoms with E-state index in [0.717, 1.165) is 23.9 Å². The van der Waals surface area contributed by atoms with Crippen molar-refractivity contribution in [3.05, 3.63) is 42.9 Å². The number of hydrogen-bond donors (Lipinski definition) is 1. The smallest absolute Gasteiger partial charge is 0.406 e. The number of fused-ring (bicyclic) bond motifs is 1. The van der Waals surface area contributed by atoms with Crippen molar-refractivity contribution in [1.29, 1.82) is 0 Å². The lowest BCUT2D eigenvalue weighted by atomic mass is 10.1. The van der Waals surface area contributed by atoms with Crippen molar-refractivity contribution in [2.24, 2.45) is 0 Å². The Balaban J connectivity index is 1.56. The third-order valence-electron chi connectivity index (χ3n) is 4.29. The van der Waals surface area contributed by atoms with Crippen molar-refractivity contribution in [2.75, 3.05) is 11.9 Å². The predicted molar refractivity (Wildman–Crippen MR) is 84.1 cm³/mol. The molecule has 1 aliphatic rings. The van der Waals surface area contributed by atoms with Crippen LogP contribution >= 0.6 is 0 Å². The molecular weight excluding hydrogens is 335 g/mol. The summed E-state index contributed by atoms with van der Waals surface area (Å²) in [7, 11) is 0. The summed E-state index contributed by atoms with van der Waals surface area (Å²) in [5.74, 6) is -0.286. The first kappa shape index (κ1) is 15.7. The molecule has 0 bridgehead atoms. The number of rotatable bonds is 5. The molecule has 0 radical (unpaired) electrons. The van der Waals surface area contributed by atoms with E-state index in [2.05, 4.69) is 25.3 Å². The SMILES string of the molecule is FC(F)(F)Oc1ccc2c(NCC3(n4ccnn4)CC3)ccnc2c1. The summed E-state index contributed by atoms with van der Waals surface area (Å²) in [6.45, 7) is 0.649. The molecule has 1 fully saturated rings. The second-order valence-electron chi connectivity index (χ2n) is 6.01. The van der Waals surface area contributed by atoms with Crippen molar-refractivity contribution >= 4 is 16.6 Å². The largest absolute Gasteiger partial charge is 0.573 e. The van der Waals surface area contributed by atoms with Gasteiger partial charge in [0.15, 0.2) is 0 Å². The van der Waals surface area contributed by atoms with Gasteiger partial charge in [-0.25, -0.2) is 4.68 Å². The molecule has 2 heterocycles. The fraction of sp³-hybridized carbons (Fsp3) is 0.312. The maximum atomic E-state index is 12.3. The Labute approximate surface area is 140 Å². The first-order valence-corrected chi connectivity index (χ1v) is 7.70. The van der Waals surface area contributed by atoms with E-state index < -0.39 is 6.36 Å². The summed E-state index contributed by atoms with van der Waals surface area (Å²) >= 11 is 0. The lowest BCUT2D eigenvalue weighted by molar-refractivity contribution is -0.274. The first-order valence-electron chi connectivity index (χ1n) is 7.70. The van der Waals surface area contributed by atoms with Crippen molar-refractivity contribution in [1.82, 2.24) is 20.0 Å². The van der Waals surface area contributed by atoms with Crippen LogP contribution in [0.25, 0.3) is 10.9 Å². The first-order chi connectivity index (χ1) is 12.0. The third kappa shape index (κ3) is 3.21. The monoisotopic (exact) mass is 349 g/mol. The summed E-state index contributed by atoms with van der Waals surface area (Å²) in [6.07, 6.45) is 2.30. The average molecular weight is 349 g/mol. The van der Waals surface area contributed by atoms with E-state index in [-0.39, 0.29) is 11.3 Å². The Morgan fingerprint density at radius 1 is 1.20 bits per heavy atom. The van der Waals surface area contributed by atoms with Crippen LogP contribution in [0.4, 0.5) is 18.9 Å². The lowest BCUT2D eigenvalue weighted by Gasteiger charge is -2.18. The molecule has 0 saturated heterocycles. The number of hydrogen-bond acceptors (Lipinski definition) is 5.